The number of hydrogen-bond donors (Lipinski definition) is 0. The maximum Gasteiger partial charge on any atom is 0.212 e. The van der Waals surface area contributed by atoms with Crippen LogP contribution in [0.4, 0.5) is 0 Å². The second-order valence-corrected chi connectivity index (χ2v) is 21.3. The van der Waals surface area contributed by atoms with Crippen LogP contribution in [-0.4, -0.2) is 16.4 Å². The first-order valence-corrected chi connectivity index (χ1v) is 20.9. The Kier molecular flexibility index (Phi) is 8.87. The summed E-state index contributed by atoms with van der Waals surface area (Å²) >= 11 is 0. The molecule has 0 radical (unpaired) electrons. The highest BCUT2D eigenvalue weighted by atomic mass is 28.4. The summed E-state index contributed by atoms with van der Waals surface area (Å²) in [7, 11) is -4.37. The van der Waals surface area contributed by atoms with Crippen LogP contribution < -0.4 is 0 Å². The Bertz CT molecular complexity index is 957. The monoisotopic (exact) mass is 530 g/mol. The van der Waals surface area contributed by atoms with Gasteiger partial charge in [-0.3, -0.25) is 0 Å². The van der Waals surface area contributed by atoms with E-state index in [1.54, 1.807) is 0 Å². The first kappa shape index (κ1) is 28.3. The highest BCUT2D eigenvalue weighted by molar-refractivity contribution is 6.85. The second-order valence-electron chi connectivity index (χ2n) is 12.8. The van der Waals surface area contributed by atoms with Gasteiger partial charge in [0.15, 0.2) is 0 Å². The van der Waals surface area contributed by atoms with Crippen LogP contribution in [0.2, 0.25) is 31.2 Å². The lowest BCUT2D eigenvalue weighted by atomic mass is 9.58. The van der Waals surface area contributed by atoms with Crippen LogP contribution in [0, 0.1) is 11.8 Å². The molecule has 0 unspecified atom stereocenters. The molecule has 200 valence electrons. The molecule has 2 aromatic carbocycles. The fourth-order valence-electron chi connectivity index (χ4n) is 8.33. The Labute approximate surface area is 229 Å². The first-order chi connectivity index (χ1) is 17.7. The van der Waals surface area contributed by atoms with Crippen molar-refractivity contribution in [3.8, 4) is 0 Å². The fourth-order valence-corrected chi connectivity index (χ4v) is 14.0. The van der Waals surface area contributed by atoms with Crippen LogP contribution in [0.3, 0.4) is 0 Å². The van der Waals surface area contributed by atoms with Gasteiger partial charge in [0.05, 0.1) is 8.07 Å². The van der Waals surface area contributed by atoms with E-state index < -0.39 is 22.0 Å². The van der Waals surface area contributed by atoms with E-state index in [9.17, 15) is 0 Å². The van der Waals surface area contributed by atoms with Crippen LogP contribution >= 0.6 is 0 Å². The molecule has 0 spiro atoms. The van der Waals surface area contributed by atoms with E-state index in [4.69, 9.17) is 4.43 Å². The third-order valence-electron chi connectivity index (χ3n) is 9.93. The number of benzene rings is 2. The van der Waals surface area contributed by atoms with E-state index in [2.05, 4.69) is 111 Å². The number of rotatable bonds is 10. The molecule has 2 fully saturated rings. The molecule has 0 saturated heterocycles. The lowest BCUT2D eigenvalue weighted by Crippen LogP contribution is -2.65. The van der Waals surface area contributed by atoms with Gasteiger partial charge in [-0.1, -0.05) is 144 Å². The lowest BCUT2D eigenvalue weighted by molar-refractivity contribution is -0.0348. The van der Waals surface area contributed by atoms with Crippen molar-refractivity contribution in [3.05, 3.63) is 96.3 Å². The fraction of sp³-hybridized carbons (Fsp3) is 0.529. The van der Waals surface area contributed by atoms with Crippen LogP contribution in [0.15, 0.2) is 85.2 Å². The zero-order valence-electron chi connectivity index (χ0n) is 24.0. The Morgan fingerprint density at radius 3 is 1.41 bits per heavy atom. The van der Waals surface area contributed by atoms with Gasteiger partial charge in [-0.25, -0.2) is 0 Å². The SMILES string of the molecule is C=C[Si](C)(C)OC(c1ccccc1)(c1ccccc1)C(C1CCCCC1)(C1CCCCC1)[Si](C)(C)C=C. The molecule has 2 aliphatic carbocycles. The van der Waals surface area contributed by atoms with Crippen molar-refractivity contribution in [2.75, 3.05) is 0 Å². The van der Waals surface area contributed by atoms with Crippen molar-refractivity contribution in [1.82, 2.24) is 0 Å². The molecule has 4 rings (SSSR count). The maximum absolute atomic E-state index is 7.91. The van der Waals surface area contributed by atoms with Gasteiger partial charge in [0.25, 0.3) is 0 Å². The standard InChI is InChI=1S/C34H50OSi2/c1-7-36(3,4)34(31-25-17-11-18-26-31,32-27-19-12-20-28-32)33(35-37(5,6)8-2,29-21-13-9-14-22-29)30-23-15-10-16-24-30/h7-10,13-16,21-24,31-32H,1-2,11-12,17-20,25-28H2,3-6H3. The van der Waals surface area contributed by atoms with Gasteiger partial charge >= 0.3 is 0 Å². The number of hydrogen-bond acceptors (Lipinski definition) is 1. The summed E-state index contributed by atoms with van der Waals surface area (Å²) < 4.78 is 7.91. The van der Waals surface area contributed by atoms with Gasteiger partial charge in [0.2, 0.25) is 8.32 Å². The summed E-state index contributed by atoms with van der Waals surface area (Å²) in [6.45, 7) is 18.9. The Morgan fingerprint density at radius 2 is 1.05 bits per heavy atom. The van der Waals surface area contributed by atoms with Crippen LogP contribution in [0.1, 0.15) is 75.3 Å². The van der Waals surface area contributed by atoms with E-state index >= 15 is 0 Å². The molecule has 37 heavy (non-hydrogen) atoms. The minimum Gasteiger partial charge on any atom is -0.400 e. The minimum atomic E-state index is -2.25. The normalized spacial score (nSPS) is 18.9. The minimum absolute atomic E-state index is 0.00141. The summed E-state index contributed by atoms with van der Waals surface area (Å²) in [4.78, 5) is 0. The largest absolute Gasteiger partial charge is 0.400 e. The Balaban J connectivity index is 2.20. The van der Waals surface area contributed by atoms with Crippen molar-refractivity contribution < 1.29 is 4.43 Å². The van der Waals surface area contributed by atoms with Crippen molar-refractivity contribution in [2.24, 2.45) is 11.8 Å². The topological polar surface area (TPSA) is 9.23 Å². The lowest BCUT2D eigenvalue weighted by Gasteiger charge is -2.66. The summed E-state index contributed by atoms with van der Waals surface area (Å²) in [5, 5.41) is -0.00141. The molecule has 3 heteroatoms. The average Bonchev–Trinajstić information content (AvgIpc) is 2.94. The van der Waals surface area contributed by atoms with E-state index in [1.807, 2.05) is 0 Å². The third-order valence-corrected chi connectivity index (χ3v) is 16.1. The zero-order valence-corrected chi connectivity index (χ0v) is 26.0. The van der Waals surface area contributed by atoms with Gasteiger partial charge in [-0.15, -0.1) is 18.9 Å². The molecule has 0 bridgehead atoms. The first-order valence-electron chi connectivity index (χ1n) is 14.8. The quantitative estimate of drug-likeness (QED) is 0.278. The molecule has 1 nitrogen and oxygen atoms in total. The molecule has 0 aliphatic heterocycles. The van der Waals surface area contributed by atoms with Gasteiger partial charge in [0, 0.05) is 5.04 Å². The molecule has 0 aromatic heterocycles. The summed E-state index contributed by atoms with van der Waals surface area (Å²) in [6, 6.07) is 22.7. The van der Waals surface area contributed by atoms with Gasteiger partial charge in [0.1, 0.15) is 5.60 Å². The van der Waals surface area contributed by atoms with Gasteiger partial charge in [-0.05, 0) is 36.1 Å². The summed E-state index contributed by atoms with van der Waals surface area (Å²) in [6.07, 6.45) is 13.3. The summed E-state index contributed by atoms with van der Waals surface area (Å²) in [5.74, 6) is 1.25. The molecule has 2 saturated carbocycles. The van der Waals surface area contributed by atoms with Crippen molar-refractivity contribution in [1.29, 1.82) is 0 Å². The molecule has 0 N–H and O–H groups in total. The maximum atomic E-state index is 7.91. The van der Waals surface area contributed by atoms with Gasteiger partial charge in [-0.2, -0.15) is 0 Å². The Hall–Kier alpha value is -1.69. The molecule has 0 heterocycles. The molecule has 0 amide bonds. The zero-order chi connectivity index (χ0) is 26.6. The van der Waals surface area contributed by atoms with E-state index in [-0.39, 0.29) is 5.04 Å². The Morgan fingerprint density at radius 1 is 0.649 bits per heavy atom. The van der Waals surface area contributed by atoms with Crippen LogP contribution in [0.5, 0.6) is 0 Å². The van der Waals surface area contributed by atoms with Crippen molar-refractivity contribution >= 4 is 16.4 Å². The molecule has 2 aliphatic rings. The highest BCUT2D eigenvalue weighted by Gasteiger charge is 2.68. The van der Waals surface area contributed by atoms with Crippen LogP contribution in [-0.2, 0) is 10.0 Å². The molecule has 0 atom stereocenters. The third kappa shape index (κ3) is 5.04. The molecular weight excluding hydrogens is 481 g/mol. The van der Waals surface area contributed by atoms with Gasteiger partial charge < -0.3 is 4.43 Å². The van der Waals surface area contributed by atoms with E-state index in [0.29, 0.717) is 11.8 Å². The molecular formula is C34H50OSi2. The van der Waals surface area contributed by atoms with Crippen LogP contribution in [0.25, 0.3) is 0 Å². The predicted octanol–water partition coefficient (Wildman–Crippen LogP) is 10.2. The van der Waals surface area contributed by atoms with Crippen molar-refractivity contribution in [2.45, 2.75) is 101 Å². The average molecular weight is 531 g/mol. The predicted molar refractivity (Wildman–Crippen MR) is 166 cm³/mol. The summed E-state index contributed by atoms with van der Waals surface area (Å²) in [5.41, 5.74) is 6.72. The molecule has 2 aromatic rings. The van der Waals surface area contributed by atoms with E-state index in [0.717, 1.165) is 0 Å². The smallest absolute Gasteiger partial charge is 0.212 e. The van der Waals surface area contributed by atoms with Crippen molar-refractivity contribution in [3.63, 3.8) is 0 Å². The highest BCUT2D eigenvalue weighted by Crippen LogP contribution is 2.71. The van der Waals surface area contributed by atoms with E-state index in [1.165, 1.54) is 75.3 Å². The second kappa shape index (κ2) is 11.6.